The molecule has 1 rings (SSSR count). The van der Waals surface area contributed by atoms with Crippen molar-refractivity contribution in [2.45, 2.75) is 0 Å². The number of anilines is 1. The van der Waals surface area contributed by atoms with Crippen molar-refractivity contribution in [2.75, 3.05) is 19.6 Å². The maximum Gasteiger partial charge on any atom is 0.186 e. The van der Waals surface area contributed by atoms with Crippen LogP contribution in [0.25, 0.3) is 0 Å². The van der Waals surface area contributed by atoms with Crippen LogP contribution in [0.2, 0.25) is 0 Å². The Bertz CT molecular complexity index is 262. The number of nitrogens with two attached hydrogens (primary N) is 1. The molecule has 3 N–H and O–H groups in total. The summed E-state index contributed by atoms with van der Waals surface area (Å²) in [4.78, 5) is 0. The summed E-state index contributed by atoms with van der Waals surface area (Å²) in [5.41, 5.74) is 6.10. The Morgan fingerprint density at radius 3 is 2.83 bits per heavy atom. The minimum Gasteiger partial charge on any atom is -0.494 e. The molecule has 1 aromatic rings. The molecule has 0 spiro atoms. The van der Waals surface area contributed by atoms with Crippen LogP contribution in [0.3, 0.4) is 0 Å². The number of nitrogen functional groups attached to an aromatic ring is 1. The van der Waals surface area contributed by atoms with Gasteiger partial charge in [-0.15, -0.1) is 0 Å². The van der Waals surface area contributed by atoms with Crippen molar-refractivity contribution in [3.05, 3.63) is 18.2 Å². The van der Waals surface area contributed by atoms with Crippen molar-refractivity contribution < 1.29 is 14.6 Å². The van der Waals surface area contributed by atoms with Crippen LogP contribution in [0.5, 0.6) is 11.5 Å². The standard InChI is InChI=1S/C8H11NO3/c1-11-8-4-6(12-5-10)2-3-7(8)9/h2-4,10H,5,9H2,1H3. The summed E-state index contributed by atoms with van der Waals surface area (Å²) in [6.45, 7) is -0.354. The zero-order valence-electron chi connectivity index (χ0n) is 6.78. The van der Waals surface area contributed by atoms with Crippen molar-refractivity contribution in [3.8, 4) is 11.5 Å². The Hall–Kier alpha value is -1.42. The van der Waals surface area contributed by atoms with Gasteiger partial charge in [0.2, 0.25) is 0 Å². The molecule has 12 heavy (non-hydrogen) atoms. The van der Waals surface area contributed by atoms with Crippen LogP contribution in [0, 0.1) is 0 Å². The van der Waals surface area contributed by atoms with Gasteiger partial charge >= 0.3 is 0 Å². The van der Waals surface area contributed by atoms with Crippen molar-refractivity contribution in [1.82, 2.24) is 0 Å². The fraction of sp³-hybridized carbons (Fsp3) is 0.250. The van der Waals surface area contributed by atoms with Gasteiger partial charge in [0, 0.05) is 6.07 Å². The maximum atomic E-state index is 8.46. The fourth-order valence-electron chi connectivity index (χ4n) is 0.856. The predicted molar refractivity (Wildman–Crippen MR) is 45.1 cm³/mol. The first-order chi connectivity index (χ1) is 5.77. The number of hydrogen-bond acceptors (Lipinski definition) is 4. The maximum absolute atomic E-state index is 8.46. The second kappa shape index (κ2) is 3.82. The largest absolute Gasteiger partial charge is 0.494 e. The van der Waals surface area contributed by atoms with Crippen molar-refractivity contribution in [3.63, 3.8) is 0 Å². The van der Waals surface area contributed by atoms with Gasteiger partial charge in [-0.25, -0.2) is 0 Å². The molecule has 0 aliphatic heterocycles. The van der Waals surface area contributed by atoms with E-state index in [0.717, 1.165) is 0 Å². The average molecular weight is 169 g/mol. The van der Waals surface area contributed by atoms with E-state index in [2.05, 4.69) is 0 Å². The van der Waals surface area contributed by atoms with Crippen molar-refractivity contribution >= 4 is 5.69 Å². The van der Waals surface area contributed by atoms with E-state index in [9.17, 15) is 0 Å². The summed E-state index contributed by atoms with van der Waals surface area (Å²) < 4.78 is 9.77. The van der Waals surface area contributed by atoms with E-state index in [1.165, 1.54) is 7.11 Å². The molecule has 0 aliphatic rings. The lowest BCUT2D eigenvalue weighted by Gasteiger charge is -2.06. The zero-order chi connectivity index (χ0) is 8.97. The molecular weight excluding hydrogens is 158 g/mol. The summed E-state index contributed by atoms with van der Waals surface area (Å²) in [7, 11) is 1.52. The van der Waals surface area contributed by atoms with Gasteiger partial charge in [-0.3, -0.25) is 0 Å². The zero-order valence-corrected chi connectivity index (χ0v) is 6.78. The van der Waals surface area contributed by atoms with E-state index in [-0.39, 0.29) is 6.79 Å². The quantitative estimate of drug-likeness (QED) is 0.514. The van der Waals surface area contributed by atoms with Gasteiger partial charge in [-0.1, -0.05) is 0 Å². The number of methoxy groups -OCH3 is 1. The first kappa shape index (κ1) is 8.67. The molecule has 0 unspecified atom stereocenters. The van der Waals surface area contributed by atoms with Crippen molar-refractivity contribution in [1.29, 1.82) is 0 Å². The second-order valence-corrected chi connectivity index (χ2v) is 2.18. The molecule has 1 aromatic carbocycles. The van der Waals surface area contributed by atoms with E-state index in [0.29, 0.717) is 17.2 Å². The highest BCUT2D eigenvalue weighted by Gasteiger charge is 2.00. The molecule has 0 atom stereocenters. The summed E-state index contributed by atoms with van der Waals surface area (Å²) in [5, 5.41) is 8.46. The number of benzene rings is 1. The summed E-state index contributed by atoms with van der Waals surface area (Å²) in [5.74, 6) is 1.07. The number of rotatable bonds is 3. The third-order valence-electron chi connectivity index (χ3n) is 1.44. The van der Waals surface area contributed by atoms with Gasteiger partial charge in [0.15, 0.2) is 6.79 Å². The first-order valence-corrected chi connectivity index (χ1v) is 3.45. The SMILES string of the molecule is COc1cc(OCO)ccc1N. The Morgan fingerprint density at radius 2 is 2.25 bits per heavy atom. The van der Waals surface area contributed by atoms with Crippen molar-refractivity contribution in [2.24, 2.45) is 0 Å². The summed E-state index contributed by atoms with van der Waals surface area (Å²) in [6.07, 6.45) is 0. The van der Waals surface area contributed by atoms with Gasteiger partial charge in [0.25, 0.3) is 0 Å². The van der Waals surface area contributed by atoms with Gasteiger partial charge in [0.1, 0.15) is 11.5 Å². The molecule has 0 aromatic heterocycles. The molecule has 0 saturated carbocycles. The molecule has 4 heteroatoms. The number of hydrogen-bond donors (Lipinski definition) is 2. The third kappa shape index (κ3) is 1.79. The van der Waals surface area contributed by atoms with Gasteiger partial charge < -0.3 is 20.3 Å². The number of ether oxygens (including phenoxy) is 2. The molecular formula is C8H11NO3. The highest BCUT2D eigenvalue weighted by Crippen LogP contribution is 2.26. The number of aliphatic hydroxyl groups excluding tert-OH is 1. The van der Waals surface area contributed by atoms with Crippen LogP contribution in [0.15, 0.2) is 18.2 Å². The third-order valence-corrected chi connectivity index (χ3v) is 1.44. The Morgan fingerprint density at radius 1 is 1.50 bits per heavy atom. The van der Waals surface area contributed by atoms with Crippen LogP contribution in [0.4, 0.5) is 5.69 Å². The second-order valence-electron chi connectivity index (χ2n) is 2.18. The first-order valence-electron chi connectivity index (χ1n) is 3.45. The monoisotopic (exact) mass is 169 g/mol. The lowest BCUT2D eigenvalue weighted by atomic mass is 10.3. The highest BCUT2D eigenvalue weighted by molar-refractivity contribution is 5.55. The molecule has 0 aliphatic carbocycles. The lowest BCUT2D eigenvalue weighted by molar-refractivity contribution is 0.0983. The minimum absolute atomic E-state index is 0.354. The fourth-order valence-corrected chi connectivity index (χ4v) is 0.856. The molecule has 0 fully saturated rings. The molecule has 0 bridgehead atoms. The summed E-state index contributed by atoms with van der Waals surface area (Å²) >= 11 is 0. The summed E-state index contributed by atoms with van der Waals surface area (Å²) in [6, 6.07) is 4.93. The van der Waals surface area contributed by atoms with Gasteiger partial charge in [0.05, 0.1) is 12.8 Å². The lowest BCUT2D eigenvalue weighted by Crippen LogP contribution is -1.97. The topological polar surface area (TPSA) is 64.7 Å². The Balaban J connectivity index is 2.89. The smallest absolute Gasteiger partial charge is 0.186 e. The van der Waals surface area contributed by atoms with Crippen LogP contribution in [-0.2, 0) is 0 Å². The highest BCUT2D eigenvalue weighted by atomic mass is 16.6. The van der Waals surface area contributed by atoms with Crippen LogP contribution in [0.1, 0.15) is 0 Å². The van der Waals surface area contributed by atoms with E-state index in [1.54, 1.807) is 18.2 Å². The van der Waals surface area contributed by atoms with Crippen LogP contribution < -0.4 is 15.2 Å². The molecule has 66 valence electrons. The molecule has 0 radical (unpaired) electrons. The normalized spacial score (nSPS) is 9.50. The van der Waals surface area contributed by atoms with Crippen LogP contribution in [-0.4, -0.2) is 19.0 Å². The Kier molecular flexibility index (Phi) is 2.76. The molecule has 4 nitrogen and oxygen atoms in total. The van der Waals surface area contributed by atoms with Gasteiger partial charge in [-0.2, -0.15) is 0 Å². The molecule has 0 amide bonds. The van der Waals surface area contributed by atoms with E-state index < -0.39 is 0 Å². The average Bonchev–Trinajstić information content (AvgIpc) is 2.09. The van der Waals surface area contributed by atoms with Gasteiger partial charge in [-0.05, 0) is 12.1 Å². The van der Waals surface area contributed by atoms with Crippen LogP contribution >= 0.6 is 0 Å². The van der Waals surface area contributed by atoms with E-state index >= 15 is 0 Å². The Labute approximate surface area is 70.5 Å². The van der Waals surface area contributed by atoms with E-state index in [4.69, 9.17) is 20.3 Å². The van der Waals surface area contributed by atoms with E-state index in [1.807, 2.05) is 0 Å². The molecule has 0 heterocycles. The number of aliphatic hydroxyl groups is 1. The minimum atomic E-state index is -0.354. The predicted octanol–water partition coefficient (Wildman–Crippen LogP) is 0.606. The molecule has 0 saturated heterocycles.